The summed E-state index contributed by atoms with van der Waals surface area (Å²) in [7, 11) is 1.95. The lowest BCUT2D eigenvalue weighted by molar-refractivity contribution is 0.0926. The lowest BCUT2D eigenvalue weighted by Gasteiger charge is -2.26. The molecule has 0 aromatic carbocycles. The summed E-state index contributed by atoms with van der Waals surface area (Å²) in [6.07, 6.45) is 3.19. The highest BCUT2D eigenvalue weighted by molar-refractivity contribution is 6.34. The predicted molar refractivity (Wildman–Crippen MR) is 75.3 cm³/mol. The van der Waals surface area contributed by atoms with Crippen LogP contribution in [0, 0.1) is 12.3 Å². The van der Waals surface area contributed by atoms with Gasteiger partial charge in [0.1, 0.15) is 0 Å². The van der Waals surface area contributed by atoms with Gasteiger partial charge in [0.2, 0.25) is 0 Å². The average molecular weight is 269 g/mol. The van der Waals surface area contributed by atoms with E-state index in [0.717, 1.165) is 12.1 Å². The van der Waals surface area contributed by atoms with Crippen LogP contribution in [0.2, 0.25) is 5.02 Å². The van der Waals surface area contributed by atoms with E-state index in [-0.39, 0.29) is 11.2 Å². The summed E-state index contributed by atoms with van der Waals surface area (Å²) >= 11 is 6.04. The molecule has 1 aromatic rings. The molecule has 0 N–H and O–H groups in total. The first-order valence-corrected chi connectivity index (χ1v) is 6.40. The van der Waals surface area contributed by atoms with Crippen molar-refractivity contribution in [1.29, 1.82) is 0 Å². The molecule has 0 amide bonds. The molecule has 4 heteroatoms. The van der Waals surface area contributed by atoms with Gasteiger partial charge in [-0.3, -0.25) is 14.7 Å². The summed E-state index contributed by atoms with van der Waals surface area (Å²) in [6.45, 7) is 9.55. The van der Waals surface area contributed by atoms with Gasteiger partial charge in [0.05, 0.1) is 11.6 Å². The molecule has 0 unspecified atom stereocenters. The molecule has 0 aliphatic carbocycles. The van der Waals surface area contributed by atoms with Crippen molar-refractivity contribution in [2.45, 2.75) is 27.7 Å². The van der Waals surface area contributed by atoms with Gasteiger partial charge in [-0.05, 0) is 24.9 Å². The second-order valence-electron chi connectivity index (χ2n) is 5.97. The van der Waals surface area contributed by atoms with Crippen LogP contribution in [0.5, 0.6) is 0 Å². The Morgan fingerprint density at radius 1 is 1.39 bits per heavy atom. The number of halogens is 1. The number of pyridine rings is 1. The number of ketones is 1. The fourth-order valence-electron chi connectivity index (χ4n) is 2.07. The van der Waals surface area contributed by atoms with E-state index in [9.17, 15) is 4.79 Å². The SMILES string of the molecule is Cc1cncc(Cl)c1C(=O)CN(C)CC(C)(C)C. The van der Waals surface area contributed by atoms with Crippen molar-refractivity contribution in [1.82, 2.24) is 9.88 Å². The molecule has 0 bridgehead atoms. The second-order valence-corrected chi connectivity index (χ2v) is 6.38. The highest BCUT2D eigenvalue weighted by Gasteiger charge is 2.19. The number of hydrogen-bond donors (Lipinski definition) is 0. The minimum absolute atomic E-state index is 0.0478. The number of nitrogens with zero attached hydrogens (tertiary/aromatic N) is 2. The Morgan fingerprint density at radius 3 is 2.50 bits per heavy atom. The third-order valence-electron chi connectivity index (χ3n) is 2.53. The van der Waals surface area contributed by atoms with Gasteiger partial charge in [-0.2, -0.15) is 0 Å². The lowest BCUT2D eigenvalue weighted by atomic mass is 9.96. The Morgan fingerprint density at radius 2 is 2.00 bits per heavy atom. The van der Waals surface area contributed by atoms with Crippen molar-refractivity contribution in [3.63, 3.8) is 0 Å². The number of rotatable bonds is 4. The van der Waals surface area contributed by atoms with Gasteiger partial charge in [0.25, 0.3) is 0 Å². The van der Waals surface area contributed by atoms with Crippen LogP contribution in [-0.4, -0.2) is 35.8 Å². The molecule has 0 radical (unpaired) electrons. The Hall–Kier alpha value is -0.930. The average Bonchev–Trinajstić information content (AvgIpc) is 2.13. The Kier molecular flexibility index (Phi) is 4.88. The third kappa shape index (κ3) is 4.39. The molecule has 0 spiro atoms. The number of hydrogen-bond acceptors (Lipinski definition) is 3. The standard InChI is InChI=1S/C14H21ClN2O/c1-10-6-16-7-11(15)13(10)12(18)8-17(5)9-14(2,3)4/h6-7H,8-9H2,1-5H3. The van der Waals surface area contributed by atoms with E-state index in [0.29, 0.717) is 17.1 Å². The summed E-state index contributed by atoms with van der Waals surface area (Å²) in [5.41, 5.74) is 1.59. The molecular formula is C14H21ClN2O. The van der Waals surface area contributed by atoms with Crippen LogP contribution < -0.4 is 0 Å². The number of likely N-dealkylation sites (N-methyl/N-ethyl adjacent to an activating group) is 1. The molecule has 1 heterocycles. The second kappa shape index (κ2) is 5.81. The van der Waals surface area contributed by atoms with Crippen molar-refractivity contribution in [3.8, 4) is 0 Å². The number of carbonyl (C=O) groups is 1. The summed E-state index contributed by atoms with van der Waals surface area (Å²) in [5, 5.41) is 0.434. The maximum atomic E-state index is 12.2. The Bertz CT molecular complexity index is 418. The Balaban J connectivity index is 2.77. The van der Waals surface area contributed by atoms with Crippen LogP contribution >= 0.6 is 11.6 Å². The lowest BCUT2D eigenvalue weighted by Crippen LogP contribution is -2.33. The van der Waals surface area contributed by atoms with E-state index < -0.39 is 0 Å². The predicted octanol–water partition coefficient (Wildman–Crippen LogP) is 3.20. The summed E-state index contributed by atoms with van der Waals surface area (Å²) in [5.74, 6) is 0.0478. The molecule has 0 aliphatic heterocycles. The monoisotopic (exact) mass is 268 g/mol. The van der Waals surface area contributed by atoms with Crippen molar-refractivity contribution in [2.75, 3.05) is 20.1 Å². The topological polar surface area (TPSA) is 33.2 Å². The zero-order valence-corrected chi connectivity index (χ0v) is 12.5. The zero-order chi connectivity index (χ0) is 13.9. The molecule has 0 fully saturated rings. The van der Waals surface area contributed by atoms with Gasteiger partial charge in [0.15, 0.2) is 5.78 Å². The van der Waals surface area contributed by atoms with E-state index in [1.54, 1.807) is 6.20 Å². The van der Waals surface area contributed by atoms with E-state index in [4.69, 9.17) is 11.6 Å². The molecule has 100 valence electrons. The van der Waals surface area contributed by atoms with Crippen LogP contribution in [0.3, 0.4) is 0 Å². The summed E-state index contributed by atoms with van der Waals surface area (Å²) in [6, 6.07) is 0. The maximum Gasteiger partial charge on any atom is 0.178 e. The first-order chi connectivity index (χ1) is 8.20. The van der Waals surface area contributed by atoms with Gasteiger partial charge in [-0.15, -0.1) is 0 Å². The molecule has 1 rings (SSSR count). The van der Waals surface area contributed by atoms with Gasteiger partial charge in [0, 0.05) is 24.5 Å². The normalized spacial score (nSPS) is 11.9. The minimum atomic E-state index is 0.0478. The van der Waals surface area contributed by atoms with Crippen LogP contribution in [0.25, 0.3) is 0 Å². The molecule has 0 atom stereocenters. The number of aryl methyl sites for hydroxylation is 1. The summed E-state index contributed by atoms with van der Waals surface area (Å²) < 4.78 is 0. The number of aromatic nitrogens is 1. The quantitative estimate of drug-likeness (QED) is 0.787. The van der Waals surface area contributed by atoms with E-state index in [1.807, 2.05) is 18.9 Å². The first kappa shape index (κ1) is 15.1. The number of Topliss-reactive ketones (excluding diaryl/α,β-unsaturated/α-hetero) is 1. The van der Waals surface area contributed by atoms with E-state index >= 15 is 0 Å². The number of carbonyl (C=O) groups excluding carboxylic acids is 1. The third-order valence-corrected chi connectivity index (χ3v) is 2.81. The van der Waals surface area contributed by atoms with Crippen LogP contribution in [0.15, 0.2) is 12.4 Å². The largest absolute Gasteiger partial charge is 0.298 e. The van der Waals surface area contributed by atoms with Crippen molar-refractivity contribution >= 4 is 17.4 Å². The van der Waals surface area contributed by atoms with Gasteiger partial charge in [-0.1, -0.05) is 32.4 Å². The van der Waals surface area contributed by atoms with Crippen LogP contribution in [0.1, 0.15) is 36.7 Å². The van der Waals surface area contributed by atoms with Crippen LogP contribution in [-0.2, 0) is 0 Å². The van der Waals surface area contributed by atoms with Crippen molar-refractivity contribution < 1.29 is 4.79 Å². The molecule has 1 aromatic heterocycles. The van der Waals surface area contributed by atoms with Crippen LogP contribution in [0.4, 0.5) is 0 Å². The molecule has 0 saturated heterocycles. The smallest absolute Gasteiger partial charge is 0.178 e. The van der Waals surface area contributed by atoms with Crippen molar-refractivity contribution in [2.24, 2.45) is 5.41 Å². The minimum Gasteiger partial charge on any atom is -0.298 e. The van der Waals surface area contributed by atoms with Crippen molar-refractivity contribution in [3.05, 3.63) is 28.5 Å². The Labute approximate surface area is 114 Å². The zero-order valence-electron chi connectivity index (χ0n) is 11.7. The molecule has 18 heavy (non-hydrogen) atoms. The van der Waals surface area contributed by atoms with E-state index in [2.05, 4.69) is 25.8 Å². The molecular weight excluding hydrogens is 248 g/mol. The maximum absolute atomic E-state index is 12.2. The summed E-state index contributed by atoms with van der Waals surface area (Å²) in [4.78, 5) is 18.2. The van der Waals surface area contributed by atoms with Gasteiger partial charge >= 0.3 is 0 Å². The first-order valence-electron chi connectivity index (χ1n) is 6.02. The van der Waals surface area contributed by atoms with Gasteiger partial charge < -0.3 is 0 Å². The molecule has 0 aliphatic rings. The highest BCUT2D eigenvalue weighted by Crippen LogP contribution is 2.20. The van der Waals surface area contributed by atoms with E-state index in [1.165, 1.54) is 6.20 Å². The van der Waals surface area contributed by atoms with Gasteiger partial charge in [-0.25, -0.2) is 0 Å². The fourth-order valence-corrected chi connectivity index (χ4v) is 2.39. The highest BCUT2D eigenvalue weighted by atomic mass is 35.5. The molecule has 0 saturated carbocycles. The molecule has 3 nitrogen and oxygen atoms in total. The fraction of sp³-hybridized carbons (Fsp3) is 0.571.